The van der Waals surface area contributed by atoms with E-state index in [2.05, 4.69) is 9.82 Å². The summed E-state index contributed by atoms with van der Waals surface area (Å²) in [6.07, 6.45) is 4.10. The third kappa shape index (κ3) is 3.78. The minimum Gasteiger partial charge on any atom is -0.381 e. The minimum atomic E-state index is -3.64. The van der Waals surface area contributed by atoms with Crippen molar-refractivity contribution in [1.29, 1.82) is 0 Å². The molecule has 0 atom stereocenters. The molecule has 0 saturated carbocycles. The van der Waals surface area contributed by atoms with Gasteiger partial charge < -0.3 is 10.5 Å². The number of nitrogens with zero attached hydrogens (tertiary/aromatic N) is 2. The molecule has 1 fully saturated rings. The van der Waals surface area contributed by atoms with Gasteiger partial charge in [-0.15, -0.1) is 0 Å². The van der Waals surface area contributed by atoms with E-state index in [1.165, 1.54) is 17.1 Å². The summed E-state index contributed by atoms with van der Waals surface area (Å²) in [6.45, 7) is 1.31. The highest BCUT2D eigenvalue weighted by molar-refractivity contribution is 7.89. The fourth-order valence-corrected chi connectivity index (χ4v) is 3.51. The maximum absolute atomic E-state index is 12.4. The highest BCUT2D eigenvalue weighted by Gasteiger charge is 2.30. The zero-order valence-electron chi connectivity index (χ0n) is 12.7. The Bertz CT molecular complexity index is 752. The van der Waals surface area contributed by atoms with E-state index < -0.39 is 15.6 Å². The molecule has 3 rings (SSSR count). The first-order valence-electron chi connectivity index (χ1n) is 7.45. The molecule has 0 radical (unpaired) electrons. The number of para-hydroxylation sites is 1. The Morgan fingerprint density at radius 2 is 1.96 bits per heavy atom. The Hall–Kier alpha value is -1.74. The van der Waals surface area contributed by atoms with Gasteiger partial charge in [-0.1, -0.05) is 18.2 Å². The van der Waals surface area contributed by atoms with Gasteiger partial charge in [-0.25, -0.2) is 17.8 Å². The standard InChI is InChI=1S/C15H20N4O3S/c16-15(6-8-22-9-7-15)12-18-23(20,21)14-10-17-19(11-14)13-4-2-1-3-5-13/h1-5,10-11,18H,6-9,12,16H2. The molecule has 0 bridgehead atoms. The molecule has 0 amide bonds. The molecule has 1 aromatic heterocycles. The van der Waals surface area contributed by atoms with Crippen LogP contribution in [-0.4, -0.2) is 43.5 Å². The number of hydrogen-bond donors (Lipinski definition) is 2. The average Bonchev–Trinajstić information content (AvgIpc) is 3.06. The van der Waals surface area contributed by atoms with Gasteiger partial charge in [-0.2, -0.15) is 5.10 Å². The quantitative estimate of drug-likeness (QED) is 0.835. The van der Waals surface area contributed by atoms with Crippen molar-refractivity contribution in [2.24, 2.45) is 5.73 Å². The Morgan fingerprint density at radius 3 is 2.65 bits per heavy atom. The van der Waals surface area contributed by atoms with Crippen LogP contribution >= 0.6 is 0 Å². The summed E-state index contributed by atoms with van der Waals surface area (Å²) >= 11 is 0. The number of rotatable bonds is 5. The second-order valence-electron chi connectivity index (χ2n) is 5.76. The smallest absolute Gasteiger partial charge is 0.243 e. The summed E-state index contributed by atoms with van der Waals surface area (Å²) < 4.78 is 34.2. The summed E-state index contributed by atoms with van der Waals surface area (Å²) in [7, 11) is -3.64. The van der Waals surface area contributed by atoms with Gasteiger partial charge >= 0.3 is 0 Å². The van der Waals surface area contributed by atoms with Crippen molar-refractivity contribution in [3.05, 3.63) is 42.7 Å². The zero-order valence-corrected chi connectivity index (χ0v) is 13.5. The van der Waals surface area contributed by atoms with E-state index >= 15 is 0 Å². The monoisotopic (exact) mass is 336 g/mol. The normalized spacial score (nSPS) is 18.0. The van der Waals surface area contributed by atoms with Gasteiger partial charge in [0.25, 0.3) is 0 Å². The van der Waals surface area contributed by atoms with E-state index in [1.54, 1.807) is 0 Å². The summed E-state index contributed by atoms with van der Waals surface area (Å²) in [4.78, 5) is 0.122. The van der Waals surface area contributed by atoms with Gasteiger partial charge in [-0.3, -0.25) is 0 Å². The molecule has 23 heavy (non-hydrogen) atoms. The van der Waals surface area contributed by atoms with Crippen LogP contribution in [0.1, 0.15) is 12.8 Å². The van der Waals surface area contributed by atoms with E-state index in [0.717, 1.165) is 5.69 Å². The molecule has 124 valence electrons. The molecule has 3 N–H and O–H groups in total. The second-order valence-corrected chi connectivity index (χ2v) is 7.52. The zero-order chi connectivity index (χ0) is 16.3. The molecule has 1 aliphatic heterocycles. The summed E-state index contributed by atoms with van der Waals surface area (Å²) in [5.74, 6) is 0. The predicted octanol–water partition coefficient (Wildman–Crippen LogP) is 0.659. The summed E-state index contributed by atoms with van der Waals surface area (Å²) in [5, 5.41) is 4.11. The fourth-order valence-electron chi connectivity index (χ4n) is 2.44. The SMILES string of the molecule is NC1(CNS(=O)(=O)c2cnn(-c3ccccc3)c2)CCOCC1. The van der Waals surface area contributed by atoms with Crippen molar-refractivity contribution >= 4 is 10.0 Å². The predicted molar refractivity (Wildman–Crippen MR) is 85.7 cm³/mol. The van der Waals surface area contributed by atoms with Gasteiger partial charge in [-0.05, 0) is 25.0 Å². The number of benzene rings is 1. The number of sulfonamides is 1. The van der Waals surface area contributed by atoms with Gasteiger partial charge in [0.2, 0.25) is 10.0 Å². The van der Waals surface area contributed by atoms with Crippen LogP contribution in [0.4, 0.5) is 0 Å². The second kappa shape index (κ2) is 6.40. The van der Waals surface area contributed by atoms with Gasteiger partial charge in [0.05, 0.1) is 18.1 Å². The van der Waals surface area contributed by atoms with Crippen molar-refractivity contribution in [2.45, 2.75) is 23.3 Å². The van der Waals surface area contributed by atoms with E-state index in [4.69, 9.17) is 10.5 Å². The average molecular weight is 336 g/mol. The molecule has 0 unspecified atom stereocenters. The molecule has 0 aliphatic carbocycles. The van der Waals surface area contributed by atoms with Crippen LogP contribution in [0.5, 0.6) is 0 Å². The van der Waals surface area contributed by atoms with Gasteiger partial charge in [0, 0.05) is 25.3 Å². The highest BCUT2D eigenvalue weighted by Crippen LogP contribution is 2.18. The van der Waals surface area contributed by atoms with Gasteiger partial charge in [0.1, 0.15) is 4.90 Å². The van der Waals surface area contributed by atoms with Crippen LogP contribution in [0.2, 0.25) is 0 Å². The summed E-state index contributed by atoms with van der Waals surface area (Å²) in [6, 6.07) is 9.34. The summed E-state index contributed by atoms with van der Waals surface area (Å²) in [5.41, 5.74) is 6.46. The van der Waals surface area contributed by atoms with Crippen molar-refractivity contribution < 1.29 is 13.2 Å². The van der Waals surface area contributed by atoms with Crippen molar-refractivity contribution in [1.82, 2.24) is 14.5 Å². The van der Waals surface area contributed by atoms with Crippen LogP contribution in [0.3, 0.4) is 0 Å². The lowest BCUT2D eigenvalue weighted by molar-refractivity contribution is 0.0549. The molecule has 1 aliphatic rings. The number of ether oxygens (including phenoxy) is 1. The molecule has 0 spiro atoms. The lowest BCUT2D eigenvalue weighted by atomic mass is 9.92. The Kier molecular flexibility index (Phi) is 4.49. The van der Waals surface area contributed by atoms with Crippen LogP contribution in [0.15, 0.2) is 47.6 Å². The largest absolute Gasteiger partial charge is 0.381 e. The Morgan fingerprint density at radius 1 is 1.26 bits per heavy atom. The maximum atomic E-state index is 12.4. The number of nitrogens with two attached hydrogens (primary N) is 1. The first-order chi connectivity index (χ1) is 11.0. The topological polar surface area (TPSA) is 99.2 Å². The first kappa shape index (κ1) is 16.1. The molecular formula is C15H20N4O3S. The fraction of sp³-hybridized carbons (Fsp3) is 0.400. The van der Waals surface area contributed by atoms with Crippen molar-refractivity contribution in [2.75, 3.05) is 19.8 Å². The van der Waals surface area contributed by atoms with Crippen LogP contribution < -0.4 is 10.5 Å². The van der Waals surface area contributed by atoms with Crippen LogP contribution in [0.25, 0.3) is 5.69 Å². The molecule has 2 heterocycles. The third-order valence-electron chi connectivity index (χ3n) is 3.99. The van der Waals surface area contributed by atoms with Crippen LogP contribution in [0, 0.1) is 0 Å². The van der Waals surface area contributed by atoms with Crippen molar-refractivity contribution in [3.8, 4) is 5.69 Å². The van der Waals surface area contributed by atoms with Crippen LogP contribution in [-0.2, 0) is 14.8 Å². The Balaban J connectivity index is 1.72. The van der Waals surface area contributed by atoms with E-state index in [0.29, 0.717) is 26.1 Å². The number of hydrogen-bond acceptors (Lipinski definition) is 5. The lowest BCUT2D eigenvalue weighted by Crippen LogP contribution is -2.53. The lowest BCUT2D eigenvalue weighted by Gasteiger charge is -2.33. The highest BCUT2D eigenvalue weighted by atomic mass is 32.2. The molecule has 1 aromatic carbocycles. The van der Waals surface area contributed by atoms with E-state index in [1.807, 2.05) is 30.3 Å². The first-order valence-corrected chi connectivity index (χ1v) is 8.93. The number of nitrogens with one attached hydrogen (secondary N) is 1. The minimum absolute atomic E-state index is 0.122. The molecule has 1 saturated heterocycles. The molecular weight excluding hydrogens is 316 g/mol. The van der Waals surface area contributed by atoms with E-state index in [9.17, 15) is 8.42 Å². The number of aromatic nitrogens is 2. The van der Waals surface area contributed by atoms with E-state index in [-0.39, 0.29) is 11.4 Å². The molecule has 2 aromatic rings. The Labute approximate surface area is 135 Å². The molecule has 7 nitrogen and oxygen atoms in total. The van der Waals surface area contributed by atoms with Gasteiger partial charge in [0.15, 0.2) is 0 Å². The molecule has 8 heteroatoms. The van der Waals surface area contributed by atoms with Crippen molar-refractivity contribution in [3.63, 3.8) is 0 Å². The third-order valence-corrected chi connectivity index (χ3v) is 5.35. The maximum Gasteiger partial charge on any atom is 0.243 e.